The van der Waals surface area contributed by atoms with Crippen LogP contribution in [0.2, 0.25) is 0 Å². The minimum Gasteiger partial charge on any atom is -0.322 e. The highest BCUT2D eigenvalue weighted by Crippen LogP contribution is 2.23. The third-order valence-electron chi connectivity index (χ3n) is 5.11. The Morgan fingerprint density at radius 3 is 2.37 bits per heavy atom. The average molecular weight is 426 g/mol. The summed E-state index contributed by atoms with van der Waals surface area (Å²) in [6, 6.07) is 13.3. The number of hydrogen-bond acceptors (Lipinski definition) is 5. The molecule has 1 amide bonds. The van der Waals surface area contributed by atoms with Crippen molar-refractivity contribution in [2.24, 2.45) is 0 Å². The van der Waals surface area contributed by atoms with Crippen LogP contribution in [-0.2, 0) is 10.0 Å². The van der Waals surface area contributed by atoms with Crippen molar-refractivity contribution in [2.45, 2.75) is 30.6 Å². The van der Waals surface area contributed by atoms with Crippen molar-refractivity contribution in [1.82, 2.24) is 19.1 Å². The number of nitrogens with one attached hydrogen (secondary N) is 1. The molecule has 1 saturated heterocycles. The first-order valence-electron chi connectivity index (χ1n) is 9.91. The van der Waals surface area contributed by atoms with Crippen LogP contribution in [0.25, 0.3) is 5.69 Å². The zero-order valence-electron chi connectivity index (χ0n) is 16.4. The van der Waals surface area contributed by atoms with Crippen LogP contribution < -0.4 is 5.32 Å². The van der Waals surface area contributed by atoms with E-state index in [1.165, 1.54) is 12.4 Å². The molecule has 8 nitrogen and oxygen atoms in total. The van der Waals surface area contributed by atoms with Gasteiger partial charge in [-0.2, -0.15) is 9.40 Å². The first-order chi connectivity index (χ1) is 14.5. The molecule has 0 atom stereocenters. The molecule has 0 spiro atoms. The van der Waals surface area contributed by atoms with Gasteiger partial charge in [-0.25, -0.2) is 18.1 Å². The normalized spacial score (nSPS) is 15.5. The Kier molecular flexibility index (Phi) is 5.91. The van der Waals surface area contributed by atoms with Crippen LogP contribution in [-0.4, -0.2) is 46.5 Å². The van der Waals surface area contributed by atoms with Crippen LogP contribution in [0, 0.1) is 0 Å². The van der Waals surface area contributed by atoms with E-state index < -0.39 is 10.0 Å². The van der Waals surface area contributed by atoms with Gasteiger partial charge in [0, 0.05) is 24.3 Å². The van der Waals surface area contributed by atoms with Crippen molar-refractivity contribution < 1.29 is 13.2 Å². The lowest BCUT2D eigenvalue weighted by Crippen LogP contribution is -2.32. The Labute approximate surface area is 175 Å². The maximum Gasteiger partial charge on any atom is 0.255 e. The molecule has 0 radical (unpaired) electrons. The monoisotopic (exact) mass is 425 g/mol. The van der Waals surface area contributed by atoms with Gasteiger partial charge in [-0.3, -0.25) is 4.79 Å². The van der Waals surface area contributed by atoms with Crippen molar-refractivity contribution in [3.05, 3.63) is 66.7 Å². The second kappa shape index (κ2) is 8.76. The van der Waals surface area contributed by atoms with E-state index in [0.29, 0.717) is 24.3 Å². The Balaban J connectivity index is 1.49. The molecule has 30 heavy (non-hydrogen) atoms. The molecule has 2 aromatic carbocycles. The van der Waals surface area contributed by atoms with Gasteiger partial charge < -0.3 is 5.32 Å². The SMILES string of the molecule is O=C(Nc1cccc(S(=O)(=O)N2CCCCCC2)c1)c1ccc(-n2cncn2)cc1. The molecule has 4 rings (SSSR count). The zero-order chi connectivity index (χ0) is 21.0. The topological polar surface area (TPSA) is 97.2 Å². The van der Waals surface area contributed by atoms with Crippen LogP contribution in [0.1, 0.15) is 36.0 Å². The van der Waals surface area contributed by atoms with Crippen molar-refractivity contribution in [2.75, 3.05) is 18.4 Å². The van der Waals surface area contributed by atoms with E-state index in [9.17, 15) is 13.2 Å². The second-order valence-electron chi connectivity index (χ2n) is 7.19. The number of carbonyl (C=O) groups excluding carboxylic acids is 1. The van der Waals surface area contributed by atoms with Gasteiger partial charge in [0.15, 0.2) is 0 Å². The first-order valence-corrected chi connectivity index (χ1v) is 11.3. The third-order valence-corrected chi connectivity index (χ3v) is 7.00. The molecular weight excluding hydrogens is 402 g/mol. The van der Waals surface area contributed by atoms with Gasteiger partial charge in [-0.1, -0.05) is 18.9 Å². The fraction of sp³-hybridized carbons (Fsp3) is 0.286. The summed E-state index contributed by atoms with van der Waals surface area (Å²) in [4.78, 5) is 16.7. The molecule has 156 valence electrons. The van der Waals surface area contributed by atoms with Crippen molar-refractivity contribution in [1.29, 1.82) is 0 Å². The second-order valence-corrected chi connectivity index (χ2v) is 9.13. The maximum absolute atomic E-state index is 13.0. The number of carbonyl (C=O) groups is 1. The highest BCUT2D eigenvalue weighted by atomic mass is 32.2. The number of hydrogen-bond donors (Lipinski definition) is 1. The Hall–Kier alpha value is -3.04. The van der Waals surface area contributed by atoms with Crippen LogP contribution in [0.4, 0.5) is 5.69 Å². The van der Waals surface area contributed by atoms with Gasteiger partial charge in [0.25, 0.3) is 5.91 Å². The molecule has 1 N–H and O–H groups in total. The van der Waals surface area contributed by atoms with Gasteiger partial charge in [0.2, 0.25) is 10.0 Å². The summed E-state index contributed by atoms with van der Waals surface area (Å²) >= 11 is 0. The van der Waals surface area contributed by atoms with E-state index in [1.807, 2.05) is 0 Å². The highest BCUT2D eigenvalue weighted by molar-refractivity contribution is 7.89. The zero-order valence-corrected chi connectivity index (χ0v) is 17.3. The Morgan fingerprint density at radius 2 is 1.70 bits per heavy atom. The molecule has 0 bridgehead atoms. The van der Waals surface area contributed by atoms with Crippen LogP contribution >= 0.6 is 0 Å². The van der Waals surface area contributed by atoms with Gasteiger partial charge in [0.1, 0.15) is 12.7 Å². The summed E-state index contributed by atoms with van der Waals surface area (Å²) in [5.41, 5.74) is 1.69. The lowest BCUT2D eigenvalue weighted by atomic mass is 10.2. The van der Waals surface area contributed by atoms with Gasteiger partial charge >= 0.3 is 0 Å². The number of aromatic nitrogens is 3. The number of amides is 1. The van der Waals surface area contributed by atoms with E-state index in [1.54, 1.807) is 57.8 Å². The summed E-state index contributed by atoms with van der Waals surface area (Å²) in [5.74, 6) is -0.315. The number of rotatable bonds is 5. The third kappa shape index (κ3) is 4.42. The number of nitrogens with zero attached hydrogens (tertiary/aromatic N) is 4. The molecular formula is C21H23N5O3S. The van der Waals surface area contributed by atoms with Crippen molar-refractivity contribution >= 4 is 21.6 Å². The summed E-state index contributed by atoms with van der Waals surface area (Å²) < 4.78 is 29.1. The van der Waals surface area contributed by atoms with Gasteiger partial charge in [0.05, 0.1) is 10.6 Å². The maximum atomic E-state index is 13.0. The van der Waals surface area contributed by atoms with Crippen LogP contribution in [0.3, 0.4) is 0 Å². The molecule has 0 saturated carbocycles. The fourth-order valence-corrected chi connectivity index (χ4v) is 5.04. The average Bonchev–Trinajstić information content (AvgIpc) is 3.15. The molecule has 9 heteroatoms. The largest absolute Gasteiger partial charge is 0.322 e. The molecule has 1 aliphatic heterocycles. The molecule has 2 heterocycles. The standard InChI is InChI=1S/C21H23N5O3S/c27-21(17-8-10-19(11-9-17)26-16-22-15-23-26)24-18-6-5-7-20(14-18)30(28,29)25-12-3-1-2-4-13-25/h5-11,14-16H,1-4,12-13H2,(H,24,27). The van der Waals surface area contributed by atoms with E-state index in [2.05, 4.69) is 15.4 Å². The predicted octanol–water partition coefficient (Wildman–Crippen LogP) is 3.08. The Bertz CT molecular complexity index is 1100. The quantitative estimate of drug-likeness (QED) is 0.678. The number of sulfonamides is 1. The Morgan fingerprint density at radius 1 is 0.967 bits per heavy atom. The molecule has 0 unspecified atom stereocenters. The molecule has 1 fully saturated rings. The number of benzene rings is 2. The van der Waals surface area contributed by atoms with Crippen LogP contribution in [0.5, 0.6) is 0 Å². The lowest BCUT2D eigenvalue weighted by Gasteiger charge is -2.20. The van der Waals surface area contributed by atoms with E-state index in [4.69, 9.17) is 0 Å². The molecule has 0 aliphatic carbocycles. The van der Waals surface area contributed by atoms with E-state index in [0.717, 1.165) is 31.4 Å². The minimum absolute atomic E-state index is 0.198. The molecule has 3 aromatic rings. The first kappa shape index (κ1) is 20.2. The van der Waals surface area contributed by atoms with Gasteiger partial charge in [-0.05, 0) is 55.3 Å². The van der Waals surface area contributed by atoms with E-state index in [-0.39, 0.29) is 10.8 Å². The van der Waals surface area contributed by atoms with Crippen LogP contribution in [0.15, 0.2) is 66.1 Å². The number of anilines is 1. The fourth-order valence-electron chi connectivity index (χ4n) is 3.48. The summed E-state index contributed by atoms with van der Waals surface area (Å²) in [6.07, 6.45) is 6.87. The van der Waals surface area contributed by atoms with E-state index >= 15 is 0 Å². The molecule has 1 aromatic heterocycles. The van der Waals surface area contributed by atoms with Gasteiger partial charge in [-0.15, -0.1) is 0 Å². The predicted molar refractivity (Wildman–Crippen MR) is 113 cm³/mol. The lowest BCUT2D eigenvalue weighted by molar-refractivity contribution is 0.102. The summed E-state index contributed by atoms with van der Waals surface area (Å²) in [6.45, 7) is 1.08. The summed E-state index contributed by atoms with van der Waals surface area (Å²) in [5, 5.41) is 6.83. The van der Waals surface area contributed by atoms with Crippen molar-refractivity contribution in [3.63, 3.8) is 0 Å². The smallest absolute Gasteiger partial charge is 0.255 e. The highest BCUT2D eigenvalue weighted by Gasteiger charge is 2.25. The molecule has 1 aliphatic rings. The minimum atomic E-state index is -3.57. The van der Waals surface area contributed by atoms with Crippen molar-refractivity contribution in [3.8, 4) is 5.69 Å². The summed E-state index contributed by atoms with van der Waals surface area (Å²) in [7, 11) is -3.57.